The molecule has 2 heterocycles. The molecule has 0 radical (unpaired) electrons. The van der Waals surface area contributed by atoms with Crippen LogP contribution in [0, 0.1) is 0 Å². The van der Waals surface area contributed by atoms with Crippen LogP contribution < -0.4 is 5.32 Å². The second kappa shape index (κ2) is 6.74. The van der Waals surface area contributed by atoms with Crippen molar-refractivity contribution in [1.29, 1.82) is 0 Å². The summed E-state index contributed by atoms with van der Waals surface area (Å²) in [5, 5.41) is 17.7. The van der Waals surface area contributed by atoms with Crippen molar-refractivity contribution in [2.24, 2.45) is 10.2 Å². The van der Waals surface area contributed by atoms with Crippen LogP contribution in [0.1, 0.15) is 21.7 Å². The lowest BCUT2D eigenvalue weighted by Crippen LogP contribution is -2.42. The molecule has 0 saturated heterocycles. The zero-order valence-corrected chi connectivity index (χ0v) is 13.5. The van der Waals surface area contributed by atoms with E-state index in [0.717, 1.165) is 24.3 Å². The molecule has 1 aromatic carbocycles. The smallest absolute Gasteiger partial charge is 0.442 e. The van der Waals surface area contributed by atoms with Crippen molar-refractivity contribution in [3.63, 3.8) is 0 Å². The Morgan fingerprint density at radius 1 is 1.11 bits per heavy atom. The maximum Gasteiger partial charge on any atom is 0.442 e. The first-order valence-electron chi connectivity index (χ1n) is 7.64. The molecule has 1 aliphatic rings. The summed E-state index contributed by atoms with van der Waals surface area (Å²) in [6, 6.07) is 4.73. The number of carboxylic acid groups (broad SMARTS) is 1. The number of rotatable bonds is 6. The quantitative estimate of drug-likeness (QED) is 0.797. The first kappa shape index (κ1) is 18.4. The van der Waals surface area contributed by atoms with Gasteiger partial charge in [-0.05, 0) is 18.2 Å². The SMILES string of the molecule is O=C(NC(Cc1ncccn1)C(=O)O)c1ccc(C2(C(F)(F)F)N=N2)cc1. The summed E-state index contributed by atoms with van der Waals surface area (Å²) in [5.41, 5.74) is -2.80. The highest BCUT2D eigenvalue weighted by atomic mass is 19.4. The number of benzene rings is 1. The number of halogens is 3. The van der Waals surface area contributed by atoms with Crippen LogP contribution in [-0.2, 0) is 16.9 Å². The number of carbonyl (C=O) groups is 2. The van der Waals surface area contributed by atoms with Crippen molar-refractivity contribution >= 4 is 11.9 Å². The number of carbonyl (C=O) groups excluding carboxylic acids is 1. The lowest BCUT2D eigenvalue weighted by Gasteiger charge is -2.16. The highest BCUT2D eigenvalue weighted by molar-refractivity contribution is 5.96. The normalized spacial score (nSPS) is 15.8. The Hall–Kier alpha value is -3.37. The van der Waals surface area contributed by atoms with Crippen LogP contribution in [0.15, 0.2) is 53.0 Å². The molecule has 0 aliphatic carbocycles. The van der Waals surface area contributed by atoms with Crippen LogP contribution in [-0.4, -0.2) is 39.2 Å². The minimum atomic E-state index is -4.67. The van der Waals surface area contributed by atoms with Crippen molar-refractivity contribution in [2.75, 3.05) is 0 Å². The summed E-state index contributed by atoms with van der Waals surface area (Å²) in [6.07, 6.45) is -1.94. The van der Waals surface area contributed by atoms with Gasteiger partial charge in [-0.15, -0.1) is 10.2 Å². The topological polar surface area (TPSA) is 117 Å². The monoisotopic (exact) mass is 379 g/mol. The summed E-state index contributed by atoms with van der Waals surface area (Å²) < 4.78 is 38.9. The molecule has 0 spiro atoms. The van der Waals surface area contributed by atoms with E-state index >= 15 is 0 Å². The van der Waals surface area contributed by atoms with Crippen LogP contribution in [0.2, 0.25) is 0 Å². The van der Waals surface area contributed by atoms with Crippen molar-refractivity contribution < 1.29 is 27.9 Å². The van der Waals surface area contributed by atoms with Crippen LogP contribution in [0.4, 0.5) is 13.2 Å². The van der Waals surface area contributed by atoms with E-state index in [9.17, 15) is 27.9 Å². The van der Waals surface area contributed by atoms with E-state index in [1.807, 2.05) is 0 Å². The zero-order chi connectivity index (χ0) is 19.7. The Kier molecular flexibility index (Phi) is 4.60. The number of hydrogen-bond donors (Lipinski definition) is 2. The molecular weight excluding hydrogens is 367 g/mol. The van der Waals surface area contributed by atoms with E-state index in [2.05, 4.69) is 25.5 Å². The van der Waals surface area contributed by atoms with E-state index in [4.69, 9.17) is 0 Å². The van der Waals surface area contributed by atoms with Gasteiger partial charge < -0.3 is 10.4 Å². The largest absolute Gasteiger partial charge is 0.480 e. The van der Waals surface area contributed by atoms with Crippen molar-refractivity contribution in [3.05, 3.63) is 59.7 Å². The van der Waals surface area contributed by atoms with Gasteiger partial charge in [0.25, 0.3) is 5.91 Å². The molecule has 0 bridgehead atoms. The van der Waals surface area contributed by atoms with Crippen LogP contribution in [0.5, 0.6) is 0 Å². The molecule has 1 atom stereocenters. The zero-order valence-electron chi connectivity index (χ0n) is 13.5. The predicted molar refractivity (Wildman–Crippen MR) is 83.7 cm³/mol. The van der Waals surface area contributed by atoms with Crippen LogP contribution >= 0.6 is 0 Å². The minimum absolute atomic E-state index is 0.00282. The highest BCUT2D eigenvalue weighted by Crippen LogP contribution is 2.52. The van der Waals surface area contributed by atoms with E-state index in [-0.39, 0.29) is 23.4 Å². The average molecular weight is 379 g/mol. The Balaban J connectivity index is 1.71. The Bertz CT molecular complexity index is 878. The summed E-state index contributed by atoms with van der Waals surface area (Å²) >= 11 is 0. The summed E-state index contributed by atoms with van der Waals surface area (Å²) in [4.78, 5) is 31.4. The fraction of sp³-hybridized carbons (Fsp3) is 0.250. The van der Waals surface area contributed by atoms with Crippen LogP contribution in [0.25, 0.3) is 0 Å². The molecule has 27 heavy (non-hydrogen) atoms. The number of carboxylic acids is 1. The van der Waals surface area contributed by atoms with Gasteiger partial charge in [-0.25, -0.2) is 14.8 Å². The summed E-state index contributed by atoms with van der Waals surface area (Å²) in [7, 11) is 0. The third-order valence-electron chi connectivity index (χ3n) is 3.85. The number of nitrogens with zero attached hydrogens (tertiary/aromatic N) is 4. The lowest BCUT2D eigenvalue weighted by molar-refractivity contribution is -0.166. The number of amides is 1. The van der Waals surface area contributed by atoms with Gasteiger partial charge in [0, 0.05) is 29.9 Å². The number of alkyl halides is 3. The molecule has 1 amide bonds. The average Bonchev–Trinajstić information content (AvgIpc) is 3.44. The van der Waals surface area contributed by atoms with E-state index in [1.54, 1.807) is 6.07 Å². The molecule has 3 rings (SSSR count). The number of hydrogen-bond acceptors (Lipinski definition) is 6. The second-order valence-electron chi connectivity index (χ2n) is 5.68. The summed E-state index contributed by atoms with van der Waals surface area (Å²) in [5.74, 6) is -1.82. The van der Waals surface area contributed by atoms with Gasteiger partial charge in [0.1, 0.15) is 11.9 Å². The Morgan fingerprint density at radius 3 is 2.19 bits per heavy atom. The van der Waals surface area contributed by atoms with Gasteiger partial charge in [0.15, 0.2) is 0 Å². The van der Waals surface area contributed by atoms with Gasteiger partial charge in [0.05, 0.1) is 0 Å². The molecule has 140 valence electrons. The maximum atomic E-state index is 13.0. The van der Waals surface area contributed by atoms with Gasteiger partial charge in [-0.2, -0.15) is 13.2 Å². The maximum absolute atomic E-state index is 13.0. The number of aliphatic carboxylic acids is 1. The molecule has 1 aliphatic heterocycles. The first-order chi connectivity index (χ1) is 12.7. The Labute approximate surface area is 150 Å². The first-order valence-corrected chi connectivity index (χ1v) is 7.64. The standard InChI is InChI=1S/C16H12F3N5O3/c17-16(18,19)15(23-24-15)10-4-2-9(3-5-10)13(25)22-11(14(26)27)8-12-20-6-1-7-21-12/h1-7,11H,8H2,(H,22,25)(H,26,27). The second-order valence-corrected chi connectivity index (χ2v) is 5.68. The fourth-order valence-corrected chi connectivity index (χ4v) is 2.36. The highest BCUT2D eigenvalue weighted by Gasteiger charge is 2.65. The van der Waals surface area contributed by atoms with Gasteiger partial charge in [0.2, 0.25) is 0 Å². The molecule has 11 heteroatoms. The molecule has 1 unspecified atom stereocenters. The van der Waals surface area contributed by atoms with Crippen molar-refractivity contribution in [3.8, 4) is 0 Å². The molecule has 1 aromatic heterocycles. The summed E-state index contributed by atoms with van der Waals surface area (Å²) in [6.45, 7) is 0. The predicted octanol–water partition coefficient (Wildman–Crippen LogP) is 2.08. The van der Waals surface area contributed by atoms with E-state index in [1.165, 1.54) is 12.4 Å². The molecule has 0 fully saturated rings. The molecule has 0 saturated carbocycles. The van der Waals surface area contributed by atoms with Crippen molar-refractivity contribution in [1.82, 2.24) is 15.3 Å². The molecule has 2 aromatic rings. The number of nitrogens with one attached hydrogen (secondary N) is 1. The lowest BCUT2D eigenvalue weighted by atomic mass is 10.0. The van der Waals surface area contributed by atoms with E-state index < -0.39 is 29.8 Å². The fourth-order valence-electron chi connectivity index (χ4n) is 2.36. The van der Waals surface area contributed by atoms with E-state index in [0.29, 0.717) is 0 Å². The molecule has 2 N–H and O–H groups in total. The Morgan fingerprint density at radius 2 is 1.70 bits per heavy atom. The molecular formula is C16H12F3N5O3. The van der Waals surface area contributed by atoms with Crippen LogP contribution in [0.3, 0.4) is 0 Å². The van der Waals surface area contributed by atoms with Gasteiger partial charge in [-0.1, -0.05) is 12.1 Å². The minimum Gasteiger partial charge on any atom is -0.480 e. The number of aromatic nitrogens is 2. The third kappa shape index (κ3) is 3.76. The third-order valence-corrected chi connectivity index (χ3v) is 3.85. The van der Waals surface area contributed by atoms with Crippen molar-refractivity contribution in [2.45, 2.75) is 24.3 Å². The van der Waals surface area contributed by atoms with Gasteiger partial charge in [-0.3, -0.25) is 4.79 Å². The van der Waals surface area contributed by atoms with Gasteiger partial charge >= 0.3 is 17.8 Å². The molecule has 8 nitrogen and oxygen atoms in total.